The Balaban J connectivity index is 1.72. The molecule has 162 valence electrons. The van der Waals surface area contributed by atoms with Crippen molar-refractivity contribution in [2.24, 2.45) is 0 Å². The van der Waals surface area contributed by atoms with E-state index in [4.69, 9.17) is 4.42 Å². The Bertz CT molecular complexity index is 998. The summed E-state index contributed by atoms with van der Waals surface area (Å²) in [5, 5.41) is 4.88. The summed E-state index contributed by atoms with van der Waals surface area (Å²) in [6, 6.07) is 12.0. The van der Waals surface area contributed by atoms with Gasteiger partial charge in [-0.3, -0.25) is 9.59 Å². The molecule has 31 heavy (non-hydrogen) atoms. The lowest BCUT2D eigenvalue weighted by Gasteiger charge is -2.33. The highest BCUT2D eigenvalue weighted by Crippen LogP contribution is 2.29. The van der Waals surface area contributed by atoms with Crippen molar-refractivity contribution in [3.05, 3.63) is 82.2 Å². The summed E-state index contributed by atoms with van der Waals surface area (Å²) in [4.78, 5) is 28.8. The first kappa shape index (κ1) is 21.3. The van der Waals surface area contributed by atoms with Crippen molar-refractivity contribution in [2.45, 2.75) is 50.7 Å². The van der Waals surface area contributed by atoms with Gasteiger partial charge in [-0.2, -0.15) is 0 Å². The van der Waals surface area contributed by atoms with Crippen molar-refractivity contribution < 1.29 is 18.4 Å². The number of amides is 2. The Hall–Kier alpha value is -2.93. The summed E-state index contributed by atoms with van der Waals surface area (Å²) < 4.78 is 20.3. The van der Waals surface area contributed by atoms with Crippen molar-refractivity contribution >= 4 is 23.2 Å². The summed E-state index contributed by atoms with van der Waals surface area (Å²) in [6.07, 6.45) is 6.58. The number of nitrogens with zero attached hydrogens (tertiary/aromatic N) is 1. The maximum Gasteiger partial charge on any atom is 0.265 e. The van der Waals surface area contributed by atoms with E-state index in [2.05, 4.69) is 5.32 Å². The van der Waals surface area contributed by atoms with Gasteiger partial charge >= 0.3 is 0 Å². The van der Waals surface area contributed by atoms with Gasteiger partial charge in [0.2, 0.25) is 5.91 Å². The third-order valence-corrected chi connectivity index (χ3v) is 6.47. The van der Waals surface area contributed by atoms with Crippen LogP contribution in [0.4, 0.5) is 4.39 Å². The van der Waals surface area contributed by atoms with Crippen LogP contribution in [-0.4, -0.2) is 22.8 Å². The molecule has 2 heterocycles. The van der Waals surface area contributed by atoms with Gasteiger partial charge < -0.3 is 14.6 Å². The van der Waals surface area contributed by atoms with Crippen molar-refractivity contribution in [3.63, 3.8) is 0 Å². The van der Waals surface area contributed by atoms with Gasteiger partial charge in [0.15, 0.2) is 0 Å². The lowest BCUT2D eigenvalue weighted by Crippen LogP contribution is -2.47. The Kier molecular flexibility index (Phi) is 6.82. The number of hydrogen-bond donors (Lipinski definition) is 1. The number of carbonyl (C=O) groups excluding carboxylic acids is 2. The average Bonchev–Trinajstić information content (AvgIpc) is 3.49. The third-order valence-electron chi connectivity index (χ3n) is 5.61. The van der Waals surface area contributed by atoms with Gasteiger partial charge in [0.05, 0.1) is 17.7 Å². The molecule has 1 atom stereocenters. The van der Waals surface area contributed by atoms with Crippen LogP contribution in [0.5, 0.6) is 0 Å². The molecular formula is C24H25FN2O3S. The molecule has 0 spiro atoms. The van der Waals surface area contributed by atoms with Crippen LogP contribution in [0, 0.1) is 5.82 Å². The highest BCUT2D eigenvalue weighted by molar-refractivity contribution is 7.12. The summed E-state index contributed by atoms with van der Waals surface area (Å²) >= 11 is 1.29. The molecule has 1 N–H and O–H groups in total. The smallest absolute Gasteiger partial charge is 0.265 e. The lowest BCUT2D eigenvalue weighted by atomic mass is 9.94. The second-order valence-electron chi connectivity index (χ2n) is 7.76. The molecular weight excluding hydrogens is 415 g/mol. The van der Waals surface area contributed by atoms with Crippen LogP contribution in [0.25, 0.3) is 0 Å². The van der Waals surface area contributed by atoms with Gasteiger partial charge in [0, 0.05) is 11.6 Å². The average molecular weight is 441 g/mol. The number of carbonyl (C=O) groups is 2. The van der Waals surface area contributed by atoms with E-state index >= 15 is 0 Å². The Morgan fingerprint density at radius 2 is 1.90 bits per heavy atom. The standard InChI is InChI=1S/C24H25FN2O3S/c25-20-12-5-4-11-19(20)22(23(28)26-17-8-2-1-3-9-17)27(16-18-10-6-14-30-18)24(29)21-13-7-15-31-21/h4-7,10-15,17,22H,1-3,8-9,16H2,(H,26,28)/t22-/m0/s1. The number of furan rings is 1. The lowest BCUT2D eigenvalue weighted by molar-refractivity contribution is -0.127. The fourth-order valence-electron chi connectivity index (χ4n) is 4.07. The molecule has 2 amide bonds. The first-order valence-corrected chi connectivity index (χ1v) is 11.4. The molecule has 4 rings (SSSR count). The molecule has 0 bridgehead atoms. The third kappa shape index (κ3) is 5.05. The molecule has 1 saturated carbocycles. The maximum absolute atomic E-state index is 14.9. The van der Waals surface area contributed by atoms with Gasteiger partial charge in [-0.05, 0) is 42.5 Å². The quantitative estimate of drug-likeness (QED) is 0.541. The normalized spacial score (nSPS) is 15.4. The van der Waals surface area contributed by atoms with E-state index in [1.54, 1.807) is 47.8 Å². The summed E-state index contributed by atoms with van der Waals surface area (Å²) in [5.74, 6) is -0.696. The molecule has 0 aliphatic heterocycles. The highest BCUT2D eigenvalue weighted by atomic mass is 32.1. The van der Waals surface area contributed by atoms with E-state index in [9.17, 15) is 14.0 Å². The molecule has 1 fully saturated rings. The van der Waals surface area contributed by atoms with E-state index in [0.29, 0.717) is 10.6 Å². The monoisotopic (exact) mass is 440 g/mol. The molecule has 1 aliphatic rings. The largest absolute Gasteiger partial charge is 0.467 e. The minimum Gasteiger partial charge on any atom is -0.467 e. The zero-order chi connectivity index (χ0) is 21.6. The summed E-state index contributed by atoms with van der Waals surface area (Å²) in [6.45, 7) is 0.0564. The highest BCUT2D eigenvalue weighted by Gasteiger charge is 2.35. The fourth-order valence-corrected chi connectivity index (χ4v) is 4.75. The first-order chi connectivity index (χ1) is 15.1. The number of hydrogen-bond acceptors (Lipinski definition) is 4. The number of halogens is 1. The summed E-state index contributed by atoms with van der Waals surface area (Å²) in [7, 11) is 0. The van der Waals surface area contributed by atoms with E-state index in [0.717, 1.165) is 32.1 Å². The Labute approximate surface area is 184 Å². The molecule has 1 aromatic carbocycles. The van der Waals surface area contributed by atoms with Gasteiger partial charge in [0.25, 0.3) is 5.91 Å². The van der Waals surface area contributed by atoms with E-state index in [1.807, 2.05) is 0 Å². The fraction of sp³-hybridized carbons (Fsp3) is 0.333. The zero-order valence-corrected chi connectivity index (χ0v) is 17.9. The van der Waals surface area contributed by atoms with Gasteiger partial charge in [-0.15, -0.1) is 11.3 Å². The van der Waals surface area contributed by atoms with Crippen LogP contribution in [0.2, 0.25) is 0 Å². The molecule has 3 aromatic rings. The number of rotatable bonds is 7. The predicted molar refractivity (Wildman–Crippen MR) is 117 cm³/mol. The van der Waals surface area contributed by atoms with Crippen molar-refractivity contribution in [3.8, 4) is 0 Å². The van der Waals surface area contributed by atoms with E-state index in [1.165, 1.54) is 28.6 Å². The van der Waals surface area contributed by atoms with Crippen LogP contribution in [0.3, 0.4) is 0 Å². The van der Waals surface area contributed by atoms with Crippen LogP contribution < -0.4 is 5.32 Å². The number of nitrogens with one attached hydrogen (secondary N) is 1. The zero-order valence-electron chi connectivity index (χ0n) is 17.1. The molecule has 0 radical (unpaired) electrons. The van der Waals surface area contributed by atoms with Crippen LogP contribution in [0.1, 0.15) is 59.1 Å². The second kappa shape index (κ2) is 9.92. The minimum atomic E-state index is -1.11. The van der Waals surface area contributed by atoms with E-state index in [-0.39, 0.29) is 30.0 Å². The second-order valence-corrected chi connectivity index (χ2v) is 8.70. The van der Waals surface area contributed by atoms with Crippen molar-refractivity contribution in [1.82, 2.24) is 10.2 Å². The molecule has 1 aliphatic carbocycles. The first-order valence-electron chi connectivity index (χ1n) is 10.5. The Morgan fingerprint density at radius 3 is 2.58 bits per heavy atom. The van der Waals surface area contributed by atoms with Crippen LogP contribution in [-0.2, 0) is 11.3 Å². The SMILES string of the molecule is O=C(NC1CCCCC1)[C@H](c1ccccc1F)N(Cc1ccco1)C(=O)c1cccs1. The number of benzene rings is 1. The maximum atomic E-state index is 14.9. The topological polar surface area (TPSA) is 62.6 Å². The van der Waals surface area contributed by atoms with Gasteiger partial charge in [0.1, 0.15) is 17.6 Å². The molecule has 0 saturated heterocycles. The predicted octanol–water partition coefficient (Wildman–Crippen LogP) is 5.31. The molecule has 0 unspecified atom stereocenters. The van der Waals surface area contributed by atoms with Gasteiger partial charge in [-0.25, -0.2) is 4.39 Å². The van der Waals surface area contributed by atoms with Crippen molar-refractivity contribution in [1.29, 1.82) is 0 Å². The molecule has 5 nitrogen and oxygen atoms in total. The van der Waals surface area contributed by atoms with E-state index < -0.39 is 11.9 Å². The van der Waals surface area contributed by atoms with Crippen LogP contribution >= 0.6 is 11.3 Å². The minimum absolute atomic E-state index is 0.0397. The van der Waals surface area contributed by atoms with Gasteiger partial charge in [-0.1, -0.05) is 43.5 Å². The molecule has 7 heteroatoms. The summed E-state index contributed by atoms with van der Waals surface area (Å²) in [5.41, 5.74) is 0.173. The Morgan fingerprint density at radius 1 is 1.10 bits per heavy atom. The molecule has 2 aromatic heterocycles. The van der Waals surface area contributed by atoms with Crippen molar-refractivity contribution in [2.75, 3.05) is 0 Å². The van der Waals surface area contributed by atoms with Crippen LogP contribution in [0.15, 0.2) is 64.6 Å². The number of thiophene rings is 1.